The van der Waals surface area contributed by atoms with Crippen molar-refractivity contribution in [2.45, 2.75) is 13.0 Å². The number of hydrogen-bond donors (Lipinski definition) is 2. The molecule has 132 valence electrons. The highest BCUT2D eigenvalue weighted by molar-refractivity contribution is 6.13. The third-order valence-electron chi connectivity index (χ3n) is 5.20. The lowest BCUT2D eigenvalue weighted by Gasteiger charge is -2.27. The Morgan fingerprint density at radius 1 is 1.07 bits per heavy atom. The highest BCUT2D eigenvalue weighted by atomic mass is 16.3. The van der Waals surface area contributed by atoms with Gasteiger partial charge >= 0.3 is 0 Å². The number of aromatic nitrogens is 2. The van der Waals surface area contributed by atoms with E-state index >= 15 is 0 Å². The first-order valence-corrected chi connectivity index (χ1v) is 8.79. The molecule has 0 spiro atoms. The van der Waals surface area contributed by atoms with Crippen molar-refractivity contribution >= 4 is 22.6 Å². The zero-order valence-electron chi connectivity index (χ0n) is 14.7. The van der Waals surface area contributed by atoms with Gasteiger partial charge in [-0.2, -0.15) is 0 Å². The first kappa shape index (κ1) is 15.6. The second kappa shape index (κ2) is 5.71. The number of aryl methyl sites for hydroxylation is 1. The van der Waals surface area contributed by atoms with Crippen molar-refractivity contribution in [2.75, 3.05) is 4.90 Å². The van der Waals surface area contributed by atoms with Crippen molar-refractivity contribution in [3.05, 3.63) is 89.2 Å². The van der Waals surface area contributed by atoms with Crippen LogP contribution in [0.25, 0.3) is 11.0 Å². The number of para-hydroxylation sites is 1. The lowest BCUT2D eigenvalue weighted by molar-refractivity contribution is 0.0991. The summed E-state index contributed by atoms with van der Waals surface area (Å²) in [7, 11) is 0. The molecule has 0 fully saturated rings. The molecule has 1 aliphatic heterocycles. The van der Waals surface area contributed by atoms with E-state index in [9.17, 15) is 9.90 Å². The molecule has 1 amide bonds. The number of benzene rings is 3. The van der Waals surface area contributed by atoms with Gasteiger partial charge < -0.3 is 10.1 Å². The zero-order chi connectivity index (χ0) is 18.5. The Labute approximate surface area is 155 Å². The molecular formula is C22H17N3O2. The molecule has 3 aromatic carbocycles. The normalized spacial score (nSPS) is 16.1. The van der Waals surface area contributed by atoms with Crippen LogP contribution in [0.2, 0.25) is 0 Å². The monoisotopic (exact) mass is 355 g/mol. The Kier molecular flexibility index (Phi) is 3.31. The van der Waals surface area contributed by atoms with Crippen molar-refractivity contribution in [1.82, 2.24) is 9.97 Å². The maximum Gasteiger partial charge on any atom is 0.263 e. The molecule has 1 aromatic heterocycles. The Morgan fingerprint density at radius 3 is 2.78 bits per heavy atom. The Morgan fingerprint density at radius 2 is 1.93 bits per heavy atom. The number of H-pyrrole nitrogens is 1. The van der Waals surface area contributed by atoms with Gasteiger partial charge in [0.05, 0.1) is 29.0 Å². The fourth-order valence-corrected chi connectivity index (χ4v) is 3.93. The van der Waals surface area contributed by atoms with Gasteiger partial charge in [-0.3, -0.25) is 9.69 Å². The van der Waals surface area contributed by atoms with E-state index in [4.69, 9.17) is 0 Å². The van der Waals surface area contributed by atoms with Crippen LogP contribution in [0.5, 0.6) is 5.75 Å². The summed E-state index contributed by atoms with van der Waals surface area (Å²) in [6.07, 6.45) is 1.66. The number of fused-ring (bicyclic) bond motifs is 2. The minimum Gasteiger partial charge on any atom is -0.507 e. The Balaban J connectivity index is 1.77. The van der Waals surface area contributed by atoms with Crippen LogP contribution in [0.4, 0.5) is 5.69 Å². The minimum absolute atomic E-state index is 0.0150. The van der Waals surface area contributed by atoms with Crippen LogP contribution in [0.15, 0.2) is 67.0 Å². The number of rotatable bonds is 2. The molecule has 1 atom stereocenters. The van der Waals surface area contributed by atoms with E-state index in [0.29, 0.717) is 5.56 Å². The maximum atomic E-state index is 13.3. The molecule has 5 rings (SSSR count). The van der Waals surface area contributed by atoms with E-state index < -0.39 is 0 Å². The first-order valence-electron chi connectivity index (χ1n) is 8.79. The molecule has 0 aliphatic carbocycles. The number of carbonyl (C=O) groups is 1. The van der Waals surface area contributed by atoms with Crippen molar-refractivity contribution in [1.29, 1.82) is 0 Å². The summed E-state index contributed by atoms with van der Waals surface area (Å²) in [5, 5.41) is 10.4. The molecule has 0 saturated carbocycles. The van der Waals surface area contributed by atoms with Gasteiger partial charge in [0, 0.05) is 5.69 Å². The van der Waals surface area contributed by atoms with E-state index in [0.717, 1.165) is 33.4 Å². The highest BCUT2D eigenvalue weighted by Crippen LogP contribution is 2.45. The van der Waals surface area contributed by atoms with Gasteiger partial charge in [-0.25, -0.2) is 4.98 Å². The van der Waals surface area contributed by atoms with Gasteiger partial charge in [0.15, 0.2) is 0 Å². The summed E-state index contributed by atoms with van der Waals surface area (Å²) >= 11 is 0. The molecule has 1 unspecified atom stereocenters. The second-order valence-corrected chi connectivity index (χ2v) is 6.78. The van der Waals surface area contributed by atoms with E-state index in [2.05, 4.69) is 9.97 Å². The summed E-state index contributed by atoms with van der Waals surface area (Å²) in [6, 6.07) is 18.7. The topological polar surface area (TPSA) is 69.2 Å². The van der Waals surface area contributed by atoms with Crippen LogP contribution in [0, 0.1) is 6.92 Å². The number of aromatic hydroxyl groups is 1. The van der Waals surface area contributed by atoms with Gasteiger partial charge in [-0.1, -0.05) is 36.4 Å². The number of hydrogen-bond acceptors (Lipinski definition) is 3. The molecule has 0 saturated heterocycles. The fourth-order valence-electron chi connectivity index (χ4n) is 3.93. The molecule has 0 bridgehead atoms. The van der Waals surface area contributed by atoms with E-state index in [1.54, 1.807) is 23.4 Å². The predicted molar refractivity (Wildman–Crippen MR) is 104 cm³/mol. The van der Waals surface area contributed by atoms with Crippen molar-refractivity contribution < 1.29 is 9.90 Å². The number of phenols is 1. The van der Waals surface area contributed by atoms with Gasteiger partial charge in [-0.05, 0) is 47.9 Å². The molecular weight excluding hydrogens is 338 g/mol. The lowest BCUT2D eigenvalue weighted by atomic mass is 9.96. The molecule has 1 aliphatic rings. The van der Waals surface area contributed by atoms with Crippen LogP contribution < -0.4 is 4.90 Å². The number of amides is 1. The summed E-state index contributed by atoms with van der Waals surface area (Å²) in [5.74, 6) is -0.173. The second-order valence-electron chi connectivity index (χ2n) is 6.78. The highest BCUT2D eigenvalue weighted by Gasteiger charge is 2.41. The first-order chi connectivity index (χ1) is 13.1. The minimum atomic E-state index is -0.312. The SMILES string of the molecule is Cc1ccccc1N1C(=O)c2c(O)cccc2C1c1ccc2nc[nH]c2c1. The lowest BCUT2D eigenvalue weighted by Crippen LogP contribution is -2.29. The number of nitrogens with one attached hydrogen (secondary N) is 1. The molecule has 5 nitrogen and oxygen atoms in total. The van der Waals surface area contributed by atoms with Crippen LogP contribution >= 0.6 is 0 Å². The number of phenolic OH excluding ortho intramolecular Hbond substituents is 1. The predicted octanol–water partition coefficient (Wildman–Crippen LogP) is 4.33. The molecule has 4 aromatic rings. The number of imidazole rings is 1. The Bertz CT molecular complexity index is 1200. The summed E-state index contributed by atoms with van der Waals surface area (Å²) < 4.78 is 0. The summed E-state index contributed by atoms with van der Waals surface area (Å²) in [4.78, 5) is 22.5. The van der Waals surface area contributed by atoms with Gasteiger partial charge in [0.1, 0.15) is 5.75 Å². The third-order valence-corrected chi connectivity index (χ3v) is 5.20. The fraction of sp³-hybridized carbons (Fsp3) is 0.0909. The van der Waals surface area contributed by atoms with E-state index in [-0.39, 0.29) is 17.7 Å². The number of aromatic amines is 1. The number of carbonyl (C=O) groups excluding carboxylic acids is 1. The van der Waals surface area contributed by atoms with Crippen molar-refractivity contribution in [3.63, 3.8) is 0 Å². The smallest absolute Gasteiger partial charge is 0.263 e. The van der Waals surface area contributed by atoms with Gasteiger partial charge in [0.2, 0.25) is 0 Å². The van der Waals surface area contributed by atoms with E-state index in [1.807, 2.05) is 55.5 Å². The molecule has 27 heavy (non-hydrogen) atoms. The Hall–Kier alpha value is -3.60. The zero-order valence-corrected chi connectivity index (χ0v) is 14.7. The maximum absolute atomic E-state index is 13.3. The number of nitrogens with zero attached hydrogens (tertiary/aromatic N) is 2. The average Bonchev–Trinajstić information content (AvgIpc) is 3.25. The van der Waals surface area contributed by atoms with Crippen molar-refractivity contribution in [3.8, 4) is 5.75 Å². The largest absolute Gasteiger partial charge is 0.507 e. The molecule has 2 heterocycles. The van der Waals surface area contributed by atoms with E-state index in [1.165, 1.54) is 0 Å². The van der Waals surface area contributed by atoms with Crippen LogP contribution in [-0.4, -0.2) is 21.0 Å². The van der Waals surface area contributed by atoms with Gasteiger partial charge in [0.25, 0.3) is 5.91 Å². The summed E-state index contributed by atoms with van der Waals surface area (Å²) in [6.45, 7) is 1.99. The van der Waals surface area contributed by atoms with Crippen LogP contribution in [0.3, 0.4) is 0 Å². The van der Waals surface area contributed by atoms with Crippen LogP contribution in [-0.2, 0) is 0 Å². The quantitative estimate of drug-likeness (QED) is 0.562. The van der Waals surface area contributed by atoms with Gasteiger partial charge in [-0.15, -0.1) is 0 Å². The number of anilines is 1. The van der Waals surface area contributed by atoms with Crippen LogP contribution in [0.1, 0.15) is 33.1 Å². The molecule has 5 heteroatoms. The summed E-state index contributed by atoms with van der Waals surface area (Å²) in [5.41, 5.74) is 5.78. The van der Waals surface area contributed by atoms with Crippen molar-refractivity contribution in [2.24, 2.45) is 0 Å². The average molecular weight is 355 g/mol. The standard InChI is InChI=1S/C22H17N3O2/c1-13-5-2-3-7-18(13)25-21(14-9-10-16-17(11-14)24-12-23-16)15-6-4-8-19(26)20(15)22(25)27/h2-12,21,26H,1H3,(H,23,24). The molecule has 0 radical (unpaired) electrons. The third kappa shape index (κ3) is 2.25. The molecule has 2 N–H and O–H groups in total.